The summed E-state index contributed by atoms with van der Waals surface area (Å²) in [7, 11) is 0. The highest BCUT2D eigenvalue weighted by atomic mass is 32.1. The maximum Gasteiger partial charge on any atom is 0.262 e. The van der Waals surface area contributed by atoms with Crippen molar-refractivity contribution in [2.24, 2.45) is 0 Å². The van der Waals surface area contributed by atoms with E-state index in [1.165, 1.54) is 5.56 Å². The molecule has 2 heterocycles. The molecule has 4 nitrogen and oxygen atoms in total. The van der Waals surface area contributed by atoms with E-state index in [1.807, 2.05) is 43.3 Å². The van der Waals surface area contributed by atoms with Gasteiger partial charge in [-0.15, -0.1) is 0 Å². The highest BCUT2D eigenvalue weighted by Gasteiger charge is 2.17. The molecule has 5 heteroatoms. The van der Waals surface area contributed by atoms with Gasteiger partial charge in [-0.3, -0.25) is 9.36 Å². The van der Waals surface area contributed by atoms with Gasteiger partial charge >= 0.3 is 0 Å². The van der Waals surface area contributed by atoms with Crippen molar-refractivity contribution >= 4 is 23.1 Å². The number of H-pyrrole nitrogens is 1. The zero-order valence-corrected chi connectivity index (χ0v) is 13.5. The number of ether oxygens (including phenoxy) is 1. The van der Waals surface area contributed by atoms with Gasteiger partial charge in [-0.25, -0.2) is 0 Å². The minimum absolute atomic E-state index is 0.0615. The Balaban J connectivity index is 1.88. The largest absolute Gasteiger partial charge is 0.493 e. The van der Waals surface area contributed by atoms with Crippen LogP contribution in [-0.4, -0.2) is 16.2 Å². The molecule has 0 unspecified atom stereocenters. The molecule has 0 spiro atoms. The normalized spacial score (nSPS) is 14.5. The van der Waals surface area contributed by atoms with Crippen LogP contribution in [0.5, 0.6) is 5.75 Å². The molecule has 0 bridgehead atoms. The predicted octanol–water partition coefficient (Wildman–Crippen LogP) is 3.60. The summed E-state index contributed by atoms with van der Waals surface area (Å²) in [6.07, 6.45) is 0.912. The van der Waals surface area contributed by atoms with Crippen molar-refractivity contribution in [3.63, 3.8) is 0 Å². The molecule has 1 aliphatic heterocycles. The zero-order chi connectivity index (χ0) is 16.0. The topological polar surface area (TPSA) is 47.0 Å². The van der Waals surface area contributed by atoms with E-state index >= 15 is 0 Å². The molecule has 0 fully saturated rings. The number of fused-ring (bicyclic) bond motifs is 2. The summed E-state index contributed by atoms with van der Waals surface area (Å²) in [6, 6.07) is 13.4. The van der Waals surface area contributed by atoms with Crippen molar-refractivity contribution in [1.29, 1.82) is 0 Å². The molecule has 1 atom stereocenters. The first-order valence-corrected chi connectivity index (χ1v) is 8.05. The Morgan fingerprint density at radius 2 is 2.09 bits per heavy atom. The van der Waals surface area contributed by atoms with Gasteiger partial charge in [0.2, 0.25) is 0 Å². The van der Waals surface area contributed by atoms with E-state index in [0.29, 0.717) is 10.2 Å². The summed E-state index contributed by atoms with van der Waals surface area (Å²) in [5, 5.41) is 0.650. The lowest BCUT2D eigenvalue weighted by molar-refractivity contribution is 0.356. The Morgan fingerprint density at radius 3 is 2.96 bits per heavy atom. The molecular weight excluding hydrogens is 308 g/mol. The average molecular weight is 324 g/mol. The Kier molecular flexibility index (Phi) is 3.31. The van der Waals surface area contributed by atoms with Crippen molar-refractivity contribution in [3.05, 3.63) is 68.7 Å². The fourth-order valence-electron chi connectivity index (χ4n) is 3.14. The fourth-order valence-corrected chi connectivity index (χ4v) is 3.49. The Labute approximate surface area is 138 Å². The molecule has 0 amide bonds. The summed E-state index contributed by atoms with van der Waals surface area (Å²) < 4.78 is 7.64. The monoisotopic (exact) mass is 324 g/mol. The summed E-state index contributed by atoms with van der Waals surface area (Å²) >= 11 is 5.43. The maximum absolute atomic E-state index is 12.8. The number of aromatic amines is 1. The van der Waals surface area contributed by atoms with E-state index in [-0.39, 0.29) is 11.6 Å². The van der Waals surface area contributed by atoms with Gasteiger partial charge in [0.05, 0.1) is 23.6 Å². The number of hydrogen-bond donors (Lipinski definition) is 1. The molecule has 1 aromatic heterocycles. The second kappa shape index (κ2) is 5.35. The van der Waals surface area contributed by atoms with Gasteiger partial charge < -0.3 is 9.72 Å². The van der Waals surface area contributed by atoms with Crippen LogP contribution in [0.4, 0.5) is 0 Å². The first-order chi connectivity index (χ1) is 11.1. The van der Waals surface area contributed by atoms with E-state index in [4.69, 9.17) is 17.0 Å². The molecule has 0 aliphatic carbocycles. The summed E-state index contributed by atoms with van der Waals surface area (Å²) in [5.74, 6) is 0.942. The molecule has 3 aromatic rings. The van der Waals surface area contributed by atoms with Crippen molar-refractivity contribution in [2.45, 2.75) is 19.4 Å². The van der Waals surface area contributed by atoms with E-state index in [9.17, 15) is 4.79 Å². The molecular formula is C18H16N2O2S. The lowest BCUT2D eigenvalue weighted by Gasteiger charge is -2.17. The second-order valence-electron chi connectivity index (χ2n) is 5.79. The SMILES string of the molecule is C[C@@H](c1ccc2c(c1)CCO2)n1c(=S)[nH]c2ccccc2c1=O. The highest BCUT2D eigenvalue weighted by Crippen LogP contribution is 2.29. The first-order valence-electron chi connectivity index (χ1n) is 7.64. The Bertz CT molecular complexity index is 1020. The molecule has 4 rings (SSSR count). The van der Waals surface area contributed by atoms with Crippen LogP contribution < -0.4 is 10.3 Å². The van der Waals surface area contributed by atoms with Gasteiger partial charge in [-0.05, 0) is 54.5 Å². The predicted molar refractivity (Wildman–Crippen MR) is 92.8 cm³/mol. The molecule has 1 N–H and O–H groups in total. The third-order valence-corrected chi connectivity index (χ3v) is 4.72. The van der Waals surface area contributed by atoms with Gasteiger partial charge in [0.15, 0.2) is 4.77 Å². The Hall–Kier alpha value is -2.40. The number of para-hydroxylation sites is 1. The van der Waals surface area contributed by atoms with Crippen molar-refractivity contribution in [2.75, 3.05) is 6.61 Å². The minimum Gasteiger partial charge on any atom is -0.493 e. The van der Waals surface area contributed by atoms with E-state index in [2.05, 4.69) is 11.1 Å². The number of nitrogens with one attached hydrogen (secondary N) is 1. The van der Waals surface area contributed by atoms with Crippen LogP contribution in [0.3, 0.4) is 0 Å². The lowest BCUT2D eigenvalue weighted by atomic mass is 10.0. The molecule has 0 saturated heterocycles. The summed E-state index contributed by atoms with van der Waals surface area (Å²) in [6.45, 7) is 2.72. The molecule has 2 aromatic carbocycles. The van der Waals surface area contributed by atoms with Gasteiger partial charge in [0.1, 0.15) is 5.75 Å². The maximum atomic E-state index is 12.8. The molecule has 116 valence electrons. The summed E-state index contributed by atoms with van der Waals surface area (Å²) in [5.41, 5.74) is 2.96. The van der Waals surface area contributed by atoms with Crippen LogP contribution in [0, 0.1) is 4.77 Å². The van der Waals surface area contributed by atoms with Gasteiger partial charge in [0.25, 0.3) is 5.56 Å². The summed E-state index contributed by atoms with van der Waals surface area (Å²) in [4.78, 5) is 16.0. The smallest absolute Gasteiger partial charge is 0.262 e. The molecule has 1 aliphatic rings. The van der Waals surface area contributed by atoms with E-state index in [1.54, 1.807) is 4.57 Å². The van der Waals surface area contributed by atoms with E-state index < -0.39 is 0 Å². The highest BCUT2D eigenvalue weighted by molar-refractivity contribution is 7.71. The van der Waals surface area contributed by atoms with Gasteiger partial charge in [-0.1, -0.05) is 18.2 Å². The number of benzene rings is 2. The number of hydrogen-bond acceptors (Lipinski definition) is 3. The Morgan fingerprint density at radius 1 is 1.26 bits per heavy atom. The second-order valence-corrected chi connectivity index (χ2v) is 6.18. The van der Waals surface area contributed by atoms with Crippen LogP contribution in [0.15, 0.2) is 47.3 Å². The van der Waals surface area contributed by atoms with E-state index in [0.717, 1.165) is 29.9 Å². The minimum atomic E-state index is -0.137. The van der Waals surface area contributed by atoms with Crippen LogP contribution in [-0.2, 0) is 6.42 Å². The van der Waals surface area contributed by atoms with Gasteiger partial charge in [0, 0.05) is 6.42 Å². The average Bonchev–Trinajstić information content (AvgIpc) is 3.02. The van der Waals surface area contributed by atoms with Crippen molar-refractivity contribution in [3.8, 4) is 5.75 Å². The van der Waals surface area contributed by atoms with Crippen molar-refractivity contribution < 1.29 is 4.74 Å². The fraction of sp³-hybridized carbons (Fsp3) is 0.222. The van der Waals surface area contributed by atoms with Crippen LogP contribution in [0.2, 0.25) is 0 Å². The standard InChI is InChI=1S/C18H16N2O2S/c1-11(12-6-7-16-13(10-12)8-9-22-16)20-17(21)14-4-2-3-5-15(14)19-18(20)23/h2-7,10-11H,8-9H2,1H3,(H,19,23)/t11-/m0/s1. The lowest BCUT2D eigenvalue weighted by Crippen LogP contribution is -2.25. The third-order valence-electron chi connectivity index (χ3n) is 4.42. The van der Waals surface area contributed by atoms with Crippen LogP contribution >= 0.6 is 12.2 Å². The molecule has 0 saturated carbocycles. The molecule has 0 radical (unpaired) electrons. The van der Waals surface area contributed by atoms with Crippen LogP contribution in [0.1, 0.15) is 24.1 Å². The number of aromatic nitrogens is 2. The first kappa shape index (κ1) is 14.2. The number of rotatable bonds is 2. The van der Waals surface area contributed by atoms with Crippen molar-refractivity contribution in [1.82, 2.24) is 9.55 Å². The zero-order valence-electron chi connectivity index (χ0n) is 12.7. The third kappa shape index (κ3) is 2.28. The molecule has 23 heavy (non-hydrogen) atoms. The van der Waals surface area contributed by atoms with Crippen LogP contribution in [0.25, 0.3) is 10.9 Å². The number of nitrogens with zero attached hydrogens (tertiary/aromatic N) is 1. The van der Waals surface area contributed by atoms with Gasteiger partial charge in [-0.2, -0.15) is 0 Å². The quantitative estimate of drug-likeness (QED) is 0.733.